The summed E-state index contributed by atoms with van der Waals surface area (Å²) < 4.78 is 4.62. The van der Waals surface area contributed by atoms with Gasteiger partial charge in [0.15, 0.2) is 0 Å². The summed E-state index contributed by atoms with van der Waals surface area (Å²) in [6.45, 7) is 6.42. The monoisotopic (exact) mass is 308 g/mol. The van der Waals surface area contributed by atoms with Crippen LogP contribution in [0.25, 0.3) is 0 Å². The zero-order valence-corrected chi connectivity index (χ0v) is 13.5. The lowest BCUT2D eigenvalue weighted by Crippen LogP contribution is -2.51. The molecular weight excluding hydrogens is 284 g/mol. The zero-order chi connectivity index (χ0) is 16.3. The fourth-order valence-corrected chi connectivity index (χ4v) is 2.80. The van der Waals surface area contributed by atoms with Gasteiger partial charge in [0.1, 0.15) is 11.9 Å². The molecule has 2 heterocycles. The number of carbonyl (C=O) groups excluding carboxylic acids is 2. The molecule has 1 aliphatic heterocycles. The molecule has 1 aromatic rings. The number of aromatic nitrogens is 2. The summed E-state index contributed by atoms with van der Waals surface area (Å²) in [5, 5.41) is 2.64. The number of carbonyl (C=O) groups is 2. The van der Waals surface area contributed by atoms with Gasteiger partial charge in [-0.25, -0.2) is 9.78 Å². The highest BCUT2D eigenvalue weighted by Crippen LogP contribution is 2.31. The van der Waals surface area contributed by atoms with Crippen LogP contribution in [0.4, 0.5) is 4.79 Å². The Balaban J connectivity index is 2.16. The fourth-order valence-electron chi connectivity index (χ4n) is 2.80. The topological polar surface area (TPSA) is 87.3 Å². The lowest BCUT2D eigenvalue weighted by atomic mass is 10.0. The van der Waals surface area contributed by atoms with Crippen LogP contribution < -0.4 is 5.32 Å². The molecule has 2 amide bonds. The molecule has 0 spiro atoms. The maximum Gasteiger partial charge on any atom is 0.407 e. The van der Waals surface area contributed by atoms with Crippen molar-refractivity contribution in [2.24, 2.45) is 5.92 Å². The molecule has 1 fully saturated rings. The summed E-state index contributed by atoms with van der Waals surface area (Å²) in [4.78, 5) is 33.7. The number of imidazole rings is 1. The third-order valence-corrected chi connectivity index (χ3v) is 3.97. The molecule has 2 N–H and O–H groups in total. The quantitative estimate of drug-likeness (QED) is 0.887. The van der Waals surface area contributed by atoms with Crippen LogP contribution in [0, 0.1) is 12.8 Å². The second-order valence-electron chi connectivity index (χ2n) is 6.00. The third-order valence-electron chi connectivity index (χ3n) is 3.97. The number of hydrogen-bond donors (Lipinski definition) is 2. The summed E-state index contributed by atoms with van der Waals surface area (Å²) >= 11 is 0. The van der Waals surface area contributed by atoms with Gasteiger partial charge in [-0.05, 0) is 25.7 Å². The van der Waals surface area contributed by atoms with Crippen molar-refractivity contribution in [3.8, 4) is 0 Å². The van der Waals surface area contributed by atoms with Gasteiger partial charge in [-0.3, -0.25) is 4.79 Å². The Labute approximate surface area is 130 Å². The number of nitrogens with one attached hydrogen (secondary N) is 2. The summed E-state index contributed by atoms with van der Waals surface area (Å²) in [5.41, 5.74) is 0.974. The van der Waals surface area contributed by atoms with Crippen molar-refractivity contribution < 1.29 is 14.3 Å². The van der Waals surface area contributed by atoms with Crippen molar-refractivity contribution in [1.82, 2.24) is 20.2 Å². The Morgan fingerprint density at radius 3 is 2.77 bits per heavy atom. The van der Waals surface area contributed by atoms with Crippen LogP contribution in [0.5, 0.6) is 0 Å². The Hall–Kier alpha value is -2.05. The van der Waals surface area contributed by atoms with Gasteiger partial charge in [0.05, 0.1) is 13.2 Å². The molecule has 2 rings (SSSR count). The van der Waals surface area contributed by atoms with E-state index in [1.165, 1.54) is 7.11 Å². The highest BCUT2D eigenvalue weighted by molar-refractivity contribution is 5.86. The van der Waals surface area contributed by atoms with Crippen LogP contribution >= 0.6 is 0 Å². The van der Waals surface area contributed by atoms with Gasteiger partial charge >= 0.3 is 6.09 Å². The molecule has 7 nitrogen and oxygen atoms in total. The maximum atomic E-state index is 12.8. The minimum Gasteiger partial charge on any atom is -0.453 e. The van der Waals surface area contributed by atoms with Crippen LogP contribution in [0.3, 0.4) is 0 Å². The van der Waals surface area contributed by atoms with Crippen LogP contribution in [-0.4, -0.2) is 46.6 Å². The first-order valence-corrected chi connectivity index (χ1v) is 7.60. The molecule has 1 aromatic heterocycles. The first-order valence-electron chi connectivity index (χ1n) is 7.60. The number of ether oxygens (including phenoxy) is 1. The van der Waals surface area contributed by atoms with Crippen molar-refractivity contribution in [3.05, 3.63) is 17.7 Å². The molecule has 0 bridgehead atoms. The number of H-pyrrole nitrogens is 1. The Kier molecular flexibility index (Phi) is 5.05. The predicted molar refractivity (Wildman–Crippen MR) is 81.2 cm³/mol. The minimum atomic E-state index is -0.593. The maximum absolute atomic E-state index is 12.8. The first kappa shape index (κ1) is 16.3. The molecule has 0 aliphatic carbocycles. The van der Waals surface area contributed by atoms with Gasteiger partial charge in [0.2, 0.25) is 5.91 Å². The summed E-state index contributed by atoms with van der Waals surface area (Å²) in [7, 11) is 1.29. The normalized spacial score (nSPS) is 19.3. The third kappa shape index (κ3) is 3.40. The van der Waals surface area contributed by atoms with E-state index in [1.807, 2.05) is 20.8 Å². The number of rotatable bonds is 4. The molecule has 1 aliphatic rings. The number of aromatic amines is 1. The largest absolute Gasteiger partial charge is 0.453 e. The van der Waals surface area contributed by atoms with Crippen LogP contribution in [0.1, 0.15) is 44.2 Å². The van der Waals surface area contributed by atoms with Crippen molar-refractivity contribution in [2.45, 2.75) is 45.7 Å². The van der Waals surface area contributed by atoms with Crippen molar-refractivity contribution >= 4 is 12.0 Å². The van der Waals surface area contributed by atoms with E-state index in [1.54, 1.807) is 11.1 Å². The highest BCUT2D eigenvalue weighted by atomic mass is 16.5. The van der Waals surface area contributed by atoms with Gasteiger partial charge < -0.3 is 19.9 Å². The SMILES string of the molecule is COC(=O)NC(C(=O)N1CCCC1c1ncc(C)[nH]1)C(C)C. The Morgan fingerprint density at radius 1 is 1.50 bits per heavy atom. The van der Waals surface area contributed by atoms with Crippen LogP contribution in [0.15, 0.2) is 6.20 Å². The van der Waals surface area contributed by atoms with Crippen molar-refractivity contribution in [1.29, 1.82) is 0 Å². The number of amides is 2. The van der Waals surface area contributed by atoms with Gasteiger partial charge in [-0.2, -0.15) is 0 Å². The van der Waals surface area contributed by atoms with Crippen molar-refractivity contribution in [2.75, 3.05) is 13.7 Å². The first-order chi connectivity index (χ1) is 10.4. The molecule has 1 saturated heterocycles. The molecule has 2 unspecified atom stereocenters. The van der Waals surface area contributed by atoms with E-state index in [0.717, 1.165) is 24.4 Å². The average Bonchev–Trinajstić information content (AvgIpc) is 3.11. The number of nitrogens with zero attached hydrogens (tertiary/aromatic N) is 2. The Morgan fingerprint density at radius 2 is 2.23 bits per heavy atom. The summed E-state index contributed by atoms with van der Waals surface area (Å²) in [6, 6.07) is -0.647. The molecule has 22 heavy (non-hydrogen) atoms. The smallest absolute Gasteiger partial charge is 0.407 e. The van der Waals surface area contributed by atoms with Crippen molar-refractivity contribution in [3.63, 3.8) is 0 Å². The molecule has 7 heteroatoms. The molecule has 0 radical (unpaired) electrons. The van der Waals surface area contributed by atoms with Gasteiger partial charge in [-0.15, -0.1) is 0 Å². The lowest BCUT2D eigenvalue weighted by molar-refractivity contribution is -0.135. The standard InChI is InChI=1S/C15H24N4O3/c1-9(2)12(18-15(21)22-4)14(20)19-7-5-6-11(19)13-16-8-10(3)17-13/h8-9,11-12H,5-7H2,1-4H3,(H,16,17)(H,18,21). The lowest BCUT2D eigenvalue weighted by Gasteiger charge is -2.29. The van der Waals surface area contributed by atoms with E-state index in [4.69, 9.17) is 0 Å². The van der Waals surface area contributed by atoms with Gasteiger partial charge in [0.25, 0.3) is 0 Å². The highest BCUT2D eigenvalue weighted by Gasteiger charge is 2.37. The minimum absolute atomic E-state index is 0.0220. The second-order valence-corrected chi connectivity index (χ2v) is 6.00. The molecular formula is C15H24N4O3. The van der Waals surface area contributed by atoms with E-state index in [9.17, 15) is 9.59 Å². The number of methoxy groups -OCH3 is 1. The van der Waals surface area contributed by atoms with E-state index >= 15 is 0 Å². The van der Waals surface area contributed by atoms with E-state index in [0.29, 0.717) is 6.54 Å². The second kappa shape index (κ2) is 6.81. The summed E-state index contributed by atoms with van der Waals surface area (Å²) in [5.74, 6) is 0.701. The molecule has 0 aromatic carbocycles. The van der Waals surface area contributed by atoms with E-state index < -0.39 is 12.1 Å². The van der Waals surface area contributed by atoms with Gasteiger partial charge in [-0.1, -0.05) is 13.8 Å². The average molecular weight is 308 g/mol. The molecule has 0 saturated carbocycles. The summed E-state index contributed by atoms with van der Waals surface area (Å²) in [6.07, 6.45) is 2.99. The fraction of sp³-hybridized carbons (Fsp3) is 0.667. The molecule has 2 atom stereocenters. The van der Waals surface area contributed by atoms with Gasteiger partial charge in [0, 0.05) is 18.4 Å². The number of hydrogen-bond acceptors (Lipinski definition) is 4. The molecule has 122 valence electrons. The number of likely N-dealkylation sites (tertiary alicyclic amines) is 1. The Bertz CT molecular complexity index is 541. The van der Waals surface area contributed by atoms with Crippen LogP contribution in [0.2, 0.25) is 0 Å². The van der Waals surface area contributed by atoms with E-state index in [-0.39, 0.29) is 17.9 Å². The zero-order valence-electron chi connectivity index (χ0n) is 13.5. The van der Waals surface area contributed by atoms with E-state index in [2.05, 4.69) is 20.0 Å². The number of aryl methyl sites for hydroxylation is 1. The number of alkyl carbamates (subject to hydrolysis) is 1. The predicted octanol–water partition coefficient (Wildman–Crippen LogP) is 1.76. The van der Waals surface area contributed by atoms with Crippen LogP contribution in [-0.2, 0) is 9.53 Å².